The summed E-state index contributed by atoms with van der Waals surface area (Å²) in [6.07, 6.45) is 4.57. The van der Waals surface area contributed by atoms with Crippen LogP contribution in [-0.2, 0) is 22.3 Å². The normalized spacial score (nSPS) is 13.5. The van der Waals surface area contributed by atoms with Gasteiger partial charge in [0.2, 0.25) is 0 Å². The Morgan fingerprint density at radius 1 is 1.18 bits per heavy atom. The minimum Gasteiger partial charge on any atom is -0.460 e. The molecule has 0 bridgehead atoms. The third-order valence-electron chi connectivity index (χ3n) is 5.32. The van der Waals surface area contributed by atoms with E-state index in [0.717, 1.165) is 39.9 Å². The topological polar surface area (TPSA) is 48.4 Å². The number of benzene rings is 1. The van der Waals surface area contributed by atoms with Gasteiger partial charge in [0.1, 0.15) is 11.4 Å². The molecule has 28 heavy (non-hydrogen) atoms. The lowest BCUT2D eigenvalue weighted by Crippen LogP contribution is -2.14. The molecule has 1 aliphatic rings. The number of ether oxygens (including phenoxy) is 2. The molecule has 2 aromatic heterocycles. The fourth-order valence-corrected chi connectivity index (χ4v) is 5.35. The highest BCUT2D eigenvalue weighted by Crippen LogP contribution is 2.43. The van der Waals surface area contributed by atoms with E-state index in [4.69, 9.17) is 14.5 Å². The van der Waals surface area contributed by atoms with E-state index in [9.17, 15) is 4.79 Å². The van der Waals surface area contributed by atoms with Gasteiger partial charge in [-0.1, -0.05) is 29.8 Å². The zero-order chi connectivity index (χ0) is 19.7. The number of nitrogens with zero attached hydrogens (tertiary/aromatic N) is 1. The van der Waals surface area contributed by atoms with Crippen molar-refractivity contribution >= 4 is 27.5 Å². The number of aromatic nitrogens is 1. The summed E-state index contributed by atoms with van der Waals surface area (Å²) in [5.41, 5.74) is 5.89. The van der Waals surface area contributed by atoms with Crippen molar-refractivity contribution in [2.75, 3.05) is 20.3 Å². The lowest BCUT2D eigenvalue weighted by molar-refractivity contribution is 0.0388. The van der Waals surface area contributed by atoms with Crippen LogP contribution in [0.15, 0.2) is 24.3 Å². The Bertz CT molecular complexity index is 1040. The summed E-state index contributed by atoms with van der Waals surface area (Å²) >= 11 is 1.79. The van der Waals surface area contributed by atoms with Gasteiger partial charge in [-0.2, -0.15) is 0 Å². The van der Waals surface area contributed by atoms with E-state index in [1.807, 2.05) is 13.0 Å². The molecule has 0 unspecified atom stereocenters. The molecule has 0 fully saturated rings. The van der Waals surface area contributed by atoms with Crippen LogP contribution in [0.3, 0.4) is 0 Å². The smallest absolute Gasteiger partial charge is 0.340 e. The lowest BCUT2D eigenvalue weighted by Gasteiger charge is -2.17. The van der Waals surface area contributed by atoms with Crippen LogP contribution in [0.2, 0.25) is 0 Å². The van der Waals surface area contributed by atoms with Crippen LogP contribution in [0.4, 0.5) is 0 Å². The van der Waals surface area contributed by atoms with E-state index >= 15 is 0 Å². The Hall–Kier alpha value is -2.24. The van der Waals surface area contributed by atoms with Crippen molar-refractivity contribution in [3.05, 3.63) is 51.5 Å². The van der Waals surface area contributed by atoms with Crippen LogP contribution in [0, 0.1) is 13.8 Å². The number of hydrogen-bond acceptors (Lipinski definition) is 5. The molecule has 4 rings (SSSR count). The molecule has 0 spiro atoms. The van der Waals surface area contributed by atoms with Crippen molar-refractivity contribution in [2.45, 2.75) is 39.5 Å². The SMILES string of the molecule is COCCOC(=O)c1c(C)nc2sc3c(c2c1-c1cccc(C)c1)CCCC3. The van der Waals surface area contributed by atoms with Crippen molar-refractivity contribution in [1.82, 2.24) is 4.98 Å². The lowest BCUT2D eigenvalue weighted by atomic mass is 9.89. The number of thiophene rings is 1. The van der Waals surface area contributed by atoms with Crippen LogP contribution in [0.5, 0.6) is 0 Å². The average Bonchev–Trinajstić information content (AvgIpc) is 3.04. The van der Waals surface area contributed by atoms with E-state index in [0.29, 0.717) is 12.2 Å². The van der Waals surface area contributed by atoms with Crippen molar-refractivity contribution in [3.63, 3.8) is 0 Å². The molecular weight excluding hydrogens is 370 g/mol. The van der Waals surface area contributed by atoms with Crippen LogP contribution in [0.1, 0.15) is 44.9 Å². The second kappa shape index (κ2) is 8.02. The van der Waals surface area contributed by atoms with E-state index in [1.165, 1.54) is 28.8 Å². The summed E-state index contributed by atoms with van der Waals surface area (Å²) < 4.78 is 10.5. The molecule has 2 heterocycles. The average molecular weight is 396 g/mol. The molecule has 3 aromatic rings. The first-order chi connectivity index (χ1) is 13.6. The zero-order valence-electron chi connectivity index (χ0n) is 16.6. The summed E-state index contributed by atoms with van der Waals surface area (Å²) in [5.74, 6) is -0.323. The molecule has 5 heteroatoms. The number of rotatable bonds is 5. The van der Waals surface area contributed by atoms with Gasteiger partial charge in [-0.05, 0) is 50.7 Å². The Balaban J connectivity index is 1.98. The number of esters is 1. The Morgan fingerprint density at radius 2 is 2.00 bits per heavy atom. The number of aryl methyl sites for hydroxylation is 4. The maximum Gasteiger partial charge on any atom is 0.340 e. The molecule has 0 N–H and O–H groups in total. The Morgan fingerprint density at radius 3 is 2.79 bits per heavy atom. The first-order valence-corrected chi connectivity index (χ1v) is 10.6. The van der Waals surface area contributed by atoms with E-state index in [-0.39, 0.29) is 12.6 Å². The fourth-order valence-electron chi connectivity index (χ4n) is 4.03. The first-order valence-electron chi connectivity index (χ1n) is 9.78. The van der Waals surface area contributed by atoms with Crippen molar-refractivity contribution < 1.29 is 14.3 Å². The van der Waals surface area contributed by atoms with Gasteiger partial charge in [-0.15, -0.1) is 11.3 Å². The number of carbonyl (C=O) groups excluding carboxylic acids is 1. The summed E-state index contributed by atoms with van der Waals surface area (Å²) in [6, 6.07) is 8.35. The predicted octanol–water partition coefficient (Wildman–Crippen LogP) is 5.26. The van der Waals surface area contributed by atoms with Gasteiger partial charge in [0.05, 0.1) is 17.9 Å². The standard InChI is InChI=1S/C23H25NO3S/c1-14-7-6-8-16(13-14)20-19(23(25)27-12-11-26-3)15(2)24-22-21(20)17-9-4-5-10-18(17)28-22/h6-8,13H,4-5,9-12H2,1-3H3. The maximum absolute atomic E-state index is 13.0. The molecule has 4 nitrogen and oxygen atoms in total. The maximum atomic E-state index is 13.0. The third kappa shape index (κ3) is 3.45. The summed E-state index contributed by atoms with van der Waals surface area (Å²) in [4.78, 5) is 20.3. The van der Waals surface area contributed by atoms with Crippen molar-refractivity contribution in [3.8, 4) is 11.1 Å². The van der Waals surface area contributed by atoms with Gasteiger partial charge >= 0.3 is 5.97 Å². The van der Waals surface area contributed by atoms with Crippen molar-refractivity contribution in [2.24, 2.45) is 0 Å². The second-order valence-electron chi connectivity index (χ2n) is 7.34. The van der Waals surface area contributed by atoms with Gasteiger partial charge in [0.15, 0.2) is 0 Å². The molecule has 0 aliphatic heterocycles. The van der Waals surface area contributed by atoms with E-state index < -0.39 is 0 Å². The molecule has 0 atom stereocenters. The fraction of sp³-hybridized carbons (Fsp3) is 0.391. The summed E-state index contributed by atoms with van der Waals surface area (Å²) in [7, 11) is 1.60. The number of hydrogen-bond donors (Lipinski definition) is 0. The quantitative estimate of drug-likeness (QED) is 0.437. The molecule has 0 saturated heterocycles. The number of carbonyl (C=O) groups is 1. The summed E-state index contributed by atoms with van der Waals surface area (Å²) in [6.45, 7) is 4.61. The first kappa shape index (κ1) is 19.1. The minimum atomic E-state index is -0.323. The van der Waals surface area contributed by atoms with Gasteiger partial charge < -0.3 is 9.47 Å². The van der Waals surface area contributed by atoms with E-state index in [1.54, 1.807) is 18.4 Å². The Kier molecular flexibility index (Phi) is 5.47. The highest BCUT2D eigenvalue weighted by atomic mass is 32.1. The molecule has 0 amide bonds. The van der Waals surface area contributed by atoms with Gasteiger partial charge in [-0.3, -0.25) is 0 Å². The zero-order valence-corrected chi connectivity index (χ0v) is 17.4. The molecular formula is C23H25NO3S. The number of fused-ring (bicyclic) bond motifs is 3. The van der Waals surface area contributed by atoms with Crippen LogP contribution in [0.25, 0.3) is 21.3 Å². The van der Waals surface area contributed by atoms with Gasteiger partial charge in [-0.25, -0.2) is 9.78 Å². The van der Waals surface area contributed by atoms with Crippen LogP contribution < -0.4 is 0 Å². The monoisotopic (exact) mass is 395 g/mol. The van der Waals surface area contributed by atoms with Crippen molar-refractivity contribution in [1.29, 1.82) is 0 Å². The van der Waals surface area contributed by atoms with Crippen LogP contribution in [-0.4, -0.2) is 31.3 Å². The molecule has 146 valence electrons. The third-order valence-corrected chi connectivity index (χ3v) is 6.50. The number of pyridine rings is 1. The summed E-state index contributed by atoms with van der Waals surface area (Å²) in [5, 5.41) is 1.15. The van der Waals surface area contributed by atoms with E-state index in [2.05, 4.69) is 25.1 Å². The minimum absolute atomic E-state index is 0.238. The molecule has 1 aromatic carbocycles. The van der Waals surface area contributed by atoms with Gasteiger partial charge in [0, 0.05) is 22.9 Å². The highest BCUT2D eigenvalue weighted by Gasteiger charge is 2.27. The predicted molar refractivity (Wildman–Crippen MR) is 113 cm³/mol. The van der Waals surface area contributed by atoms with Crippen LogP contribution >= 0.6 is 11.3 Å². The largest absolute Gasteiger partial charge is 0.460 e. The molecule has 1 aliphatic carbocycles. The highest BCUT2D eigenvalue weighted by molar-refractivity contribution is 7.19. The second-order valence-corrected chi connectivity index (χ2v) is 8.42. The van der Waals surface area contributed by atoms with Gasteiger partial charge in [0.25, 0.3) is 0 Å². The Labute approximate surface area is 169 Å². The molecule has 0 saturated carbocycles. The number of methoxy groups -OCH3 is 1. The molecule has 0 radical (unpaired) electrons.